The maximum Gasteiger partial charge on any atom is 0.259 e. The molecule has 1 atom stereocenters. The third kappa shape index (κ3) is 3.14. The number of nitrogens with zero attached hydrogens (tertiary/aromatic N) is 4. The molecule has 0 amide bonds. The van der Waals surface area contributed by atoms with Crippen molar-refractivity contribution in [3.05, 3.63) is 60.0 Å². The van der Waals surface area contributed by atoms with Gasteiger partial charge in [-0.3, -0.25) is 0 Å². The lowest BCUT2D eigenvalue weighted by Crippen LogP contribution is -2.21. The summed E-state index contributed by atoms with van der Waals surface area (Å²) in [7, 11) is 0. The van der Waals surface area contributed by atoms with Crippen molar-refractivity contribution in [3.8, 4) is 11.5 Å². The molecule has 1 saturated heterocycles. The molecule has 0 unspecified atom stereocenters. The maximum absolute atomic E-state index is 9.61. The van der Waals surface area contributed by atoms with E-state index in [1.807, 2.05) is 42.5 Å². The number of benzene rings is 1. The summed E-state index contributed by atoms with van der Waals surface area (Å²) in [5, 5.41) is 13.7. The number of pyridine rings is 1. The third-order valence-corrected chi connectivity index (χ3v) is 4.16. The summed E-state index contributed by atoms with van der Waals surface area (Å²) < 4.78 is 5.35. The van der Waals surface area contributed by atoms with E-state index >= 15 is 0 Å². The number of anilines is 1. The van der Waals surface area contributed by atoms with Crippen molar-refractivity contribution in [1.82, 2.24) is 15.1 Å². The minimum absolute atomic E-state index is 0.261. The minimum Gasteiger partial charge on any atom is -0.391 e. The summed E-state index contributed by atoms with van der Waals surface area (Å²) in [6.07, 6.45) is 2.90. The zero-order valence-electron chi connectivity index (χ0n) is 13.2. The van der Waals surface area contributed by atoms with Gasteiger partial charge in [-0.1, -0.05) is 35.5 Å². The number of aliphatic hydroxyl groups is 1. The summed E-state index contributed by atoms with van der Waals surface area (Å²) in [6.45, 7) is 1.46. The number of hydrogen-bond donors (Lipinski definition) is 1. The van der Waals surface area contributed by atoms with E-state index in [1.165, 1.54) is 0 Å². The standard InChI is InChI=1S/C18H18N4O2/c23-15-8-9-22(12-15)17-7-6-14(11-19-17)18-20-16(21-24-18)10-13-4-2-1-3-5-13/h1-7,11,15,23H,8-10,12H2/t15-/m0/s1. The van der Waals surface area contributed by atoms with Crippen LogP contribution in [0.3, 0.4) is 0 Å². The number of rotatable bonds is 4. The van der Waals surface area contributed by atoms with Gasteiger partial charge in [-0.15, -0.1) is 0 Å². The lowest BCUT2D eigenvalue weighted by Gasteiger charge is -2.16. The van der Waals surface area contributed by atoms with Gasteiger partial charge in [0, 0.05) is 25.7 Å². The average molecular weight is 322 g/mol. The van der Waals surface area contributed by atoms with Gasteiger partial charge in [0.2, 0.25) is 0 Å². The van der Waals surface area contributed by atoms with Crippen molar-refractivity contribution in [1.29, 1.82) is 0 Å². The highest BCUT2D eigenvalue weighted by atomic mass is 16.5. The predicted octanol–water partition coefficient (Wildman–Crippen LogP) is 2.29. The van der Waals surface area contributed by atoms with Crippen LogP contribution in [-0.2, 0) is 6.42 Å². The van der Waals surface area contributed by atoms with E-state index in [0.717, 1.165) is 29.9 Å². The lowest BCUT2D eigenvalue weighted by molar-refractivity contribution is 0.198. The van der Waals surface area contributed by atoms with E-state index in [4.69, 9.17) is 4.52 Å². The molecular weight excluding hydrogens is 304 g/mol. The zero-order valence-corrected chi connectivity index (χ0v) is 13.2. The predicted molar refractivity (Wildman–Crippen MR) is 89.6 cm³/mol. The fourth-order valence-electron chi connectivity index (χ4n) is 2.87. The van der Waals surface area contributed by atoms with Crippen LogP contribution in [0.25, 0.3) is 11.5 Å². The summed E-state index contributed by atoms with van der Waals surface area (Å²) in [6, 6.07) is 13.9. The fraction of sp³-hybridized carbons (Fsp3) is 0.278. The molecule has 3 aromatic rings. The Labute approximate surface area is 139 Å². The highest BCUT2D eigenvalue weighted by molar-refractivity contribution is 5.55. The Morgan fingerprint density at radius 3 is 2.75 bits per heavy atom. The molecule has 1 aliphatic heterocycles. The Kier molecular flexibility index (Phi) is 3.96. The number of hydrogen-bond acceptors (Lipinski definition) is 6. The Morgan fingerprint density at radius 1 is 1.17 bits per heavy atom. The van der Waals surface area contributed by atoms with Crippen molar-refractivity contribution in [2.75, 3.05) is 18.0 Å². The molecule has 0 bridgehead atoms. The zero-order chi connectivity index (χ0) is 16.4. The van der Waals surface area contributed by atoms with Gasteiger partial charge < -0.3 is 14.5 Å². The Bertz CT molecular complexity index is 801. The molecule has 4 rings (SSSR count). The smallest absolute Gasteiger partial charge is 0.259 e. The molecule has 1 aromatic carbocycles. The summed E-state index contributed by atoms with van der Waals surface area (Å²) >= 11 is 0. The molecule has 1 N–H and O–H groups in total. The molecule has 3 heterocycles. The number of aromatic nitrogens is 3. The van der Waals surface area contributed by atoms with Gasteiger partial charge in [0.25, 0.3) is 5.89 Å². The van der Waals surface area contributed by atoms with Gasteiger partial charge in [-0.25, -0.2) is 4.98 Å². The van der Waals surface area contributed by atoms with Crippen LogP contribution in [0.2, 0.25) is 0 Å². The molecular formula is C18H18N4O2. The molecule has 24 heavy (non-hydrogen) atoms. The Hall–Kier alpha value is -2.73. The molecule has 0 saturated carbocycles. The summed E-state index contributed by atoms with van der Waals surface area (Å²) in [4.78, 5) is 11.0. The largest absolute Gasteiger partial charge is 0.391 e. The fourth-order valence-corrected chi connectivity index (χ4v) is 2.87. The molecule has 1 aliphatic rings. The highest BCUT2D eigenvalue weighted by Crippen LogP contribution is 2.22. The van der Waals surface area contributed by atoms with Crippen LogP contribution in [-0.4, -0.2) is 39.4 Å². The first-order valence-electron chi connectivity index (χ1n) is 8.04. The Morgan fingerprint density at radius 2 is 2.04 bits per heavy atom. The van der Waals surface area contributed by atoms with Crippen LogP contribution >= 0.6 is 0 Å². The first-order valence-corrected chi connectivity index (χ1v) is 8.04. The average Bonchev–Trinajstić information content (AvgIpc) is 3.25. The molecule has 6 nitrogen and oxygen atoms in total. The number of aliphatic hydroxyl groups excluding tert-OH is 1. The second-order valence-corrected chi connectivity index (χ2v) is 5.97. The van der Waals surface area contributed by atoms with Crippen molar-refractivity contribution < 1.29 is 9.63 Å². The van der Waals surface area contributed by atoms with Crippen LogP contribution < -0.4 is 4.90 Å². The first-order chi connectivity index (χ1) is 11.8. The monoisotopic (exact) mass is 322 g/mol. The minimum atomic E-state index is -0.261. The normalized spacial score (nSPS) is 17.4. The van der Waals surface area contributed by atoms with Crippen LogP contribution in [0, 0.1) is 0 Å². The molecule has 1 fully saturated rings. The molecule has 0 radical (unpaired) electrons. The summed E-state index contributed by atoms with van der Waals surface area (Å²) in [5.74, 6) is 1.99. The molecule has 122 valence electrons. The highest BCUT2D eigenvalue weighted by Gasteiger charge is 2.21. The van der Waals surface area contributed by atoms with Crippen LogP contribution in [0.4, 0.5) is 5.82 Å². The van der Waals surface area contributed by atoms with Gasteiger partial charge in [-0.05, 0) is 24.1 Å². The first kappa shape index (κ1) is 14.8. The van der Waals surface area contributed by atoms with Gasteiger partial charge in [0.15, 0.2) is 5.82 Å². The van der Waals surface area contributed by atoms with Crippen LogP contribution in [0.5, 0.6) is 0 Å². The second-order valence-electron chi connectivity index (χ2n) is 5.97. The van der Waals surface area contributed by atoms with Crippen molar-refractivity contribution in [2.45, 2.75) is 18.9 Å². The molecule has 0 spiro atoms. The topological polar surface area (TPSA) is 75.3 Å². The van der Waals surface area contributed by atoms with Gasteiger partial charge >= 0.3 is 0 Å². The number of β-amino-alcohol motifs (C(OH)–C–C–N with tert-alkyl or cyclic N) is 1. The summed E-state index contributed by atoms with van der Waals surface area (Å²) in [5.41, 5.74) is 1.94. The van der Waals surface area contributed by atoms with Crippen LogP contribution in [0.15, 0.2) is 53.2 Å². The van der Waals surface area contributed by atoms with E-state index in [1.54, 1.807) is 6.20 Å². The van der Waals surface area contributed by atoms with Crippen molar-refractivity contribution >= 4 is 5.82 Å². The van der Waals surface area contributed by atoms with Crippen molar-refractivity contribution in [3.63, 3.8) is 0 Å². The van der Waals surface area contributed by atoms with Gasteiger partial charge in [0.05, 0.1) is 11.7 Å². The van der Waals surface area contributed by atoms with Crippen LogP contribution in [0.1, 0.15) is 17.8 Å². The maximum atomic E-state index is 9.61. The Balaban J connectivity index is 1.48. The lowest BCUT2D eigenvalue weighted by atomic mass is 10.1. The molecule has 6 heteroatoms. The second kappa shape index (κ2) is 6.41. The van der Waals surface area contributed by atoms with E-state index in [-0.39, 0.29) is 6.10 Å². The van der Waals surface area contributed by atoms with E-state index in [2.05, 4.69) is 20.0 Å². The van der Waals surface area contributed by atoms with Crippen molar-refractivity contribution in [2.24, 2.45) is 0 Å². The van der Waals surface area contributed by atoms with E-state index < -0.39 is 0 Å². The van der Waals surface area contributed by atoms with E-state index in [0.29, 0.717) is 24.7 Å². The van der Waals surface area contributed by atoms with E-state index in [9.17, 15) is 5.11 Å². The third-order valence-electron chi connectivity index (χ3n) is 4.16. The van der Waals surface area contributed by atoms with Gasteiger partial charge in [-0.2, -0.15) is 4.98 Å². The quantitative estimate of drug-likeness (QED) is 0.794. The molecule has 2 aromatic heterocycles. The van der Waals surface area contributed by atoms with Gasteiger partial charge in [0.1, 0.15) is 5.82 Å². The SMILES string of the molecule is O[C@H]1CCN(c2ccc(-c3nc(Cc4ccccc4)no3)cn2)C1. The molecule has 0 aliphatic carbocycles.